The highest BCUT2D eigenvalue weighted by Crippen LogP contribution is 2.28. The lowest BCUT2D eigenvalue weighted by molar-refractivity contribution is -0.384. The van der Waals surface area contributed by atoms with Crippen LogP contribution >= 0.6 is 0 Å². The zero-order valence-corrected chi connectivity index (χ0v) is 9.16. The number of benzene rings is 1. The Morgan fingerprint density at radius 1 is 1.35 bits per heavy atom. The number of nitrogens with zero attached hydrogens (tertiary/aromatic N) is 1. The molecule has 0 unspecified atom stereocenters. The molecule has 7 heteroatoms. The molecule has 0 atom stereocenters. The molecule has 1 amide bonds. The van der Waals surface area contributed by atoms with Crippen molar-refractivity contribution in [1.82, 2.24) is 0 Å². The fraction of sp³-hybridized carbons (Fsp3) is 0.300. The molecule has 5 nitrogen and oxygen atoms in total. The summed E-state index contributed by atoms with van der Waals surface area (Å²) in [4.78, 5) is 20.8. The lowest BCUT2D eigenvalue weighted by Crippen LogP contribution is -2.20. The van der Waals surface area contributed by atoms with Crippen LogP contribution in [0.4, 0.5) is 20.2 Å². The molecule has 0 aliphatic carbocycles. The predicted molar refractivity (Wildman–Crippen MR) is 57.2 cm³/mol. The van der Waals surface area contributed by atoms with Crippen molar-refractivity contribution in [3.63, 3.8) is 0 Å². The second-order valence-electron chi connectivity index (χ2n) is 3.50. The number of carbonyl (C=O) groups excluding carboxylic acids is 1. The van der Waals surface area contributed by atoms with E-state index in [0.717, 1.165) is 0 Å². The van der Waals surface area contributed by atoms with E-state index in [1.807, 2.05) is 5.32 Å². The van der Waals surface area contributed by atoms with Crippen molar-refractivity contribution in [3.8, 4) is 0 Å². The van der Waals surface area contributed by atoms with Gasteiger partial charge in [-0.15, -0.1) is 0 Å². The molecule has 0 saturated carbocycles. The summed E-state index contributed by atoms with van der Waals surface area (Å²) < 4.78 is 24.1. The van der Waals surface area contributed by atoms with Crippen LogP contribution in [0.25, 0.3) is 0 Å². The Hall–Kier alpha value is -2.05. The first-order valence-electron chi connectivity index (χ1n) is 4.67. The van der Waals surface area contributed by atoms with Gasteiger partial charge in [0.05, 0.1) is 4.92 Å². The first-order valence-corrected chi connectivity index (χ1v) is 4.67. The molecule has 1 rings (SSSR count). The number of halogens is 2. The van der Waals surface area contributed by atoms with Crippen molar-refractivity contribution in [1.29, 1.82) is 0 Å². The Balaban J connectivity index is 3.17. The number of rotatable bonds is 3. The summed E-state index contributed by atoms with van der Waals surface area (Å²) in [6.45, 7) is 3.32. The number of hydrogen-bond donors (Lipinski definition) is 1. The molecule has 0 saturated heterocycles. The maximum absolute atomic E-state index is 12.0. The summed E-state index contributed by atoms with van der Waals surface area (Å²) in [7, 11) is 0. The second kappa shape index (κ2) is 4.86. The van der Waals surface area contributed by atoms with Gasteiger partial charge in [0.15, 0.2) is 0 Å². The number of aryl methyl sites for hydroxylation is 2. The van der Waals surface area contributed by atoms with Gasteiger partial charge in [-0.2, -0.15) is 8.78 Å². The zero-order chi connectivity index (χ0) is 13.2. The predicted octanol–water partition coefficient (Wildman–Crippen LogP) is 2.42. The van der Waals surface area contributed by atoms with E-state index in [0.29, 0.717) is 11.1 Å². The van der Waals surface area contributed by atoms with Crippen LogP contribution in [0, 0.1) is 24.0 Å². The molecule has 0 fully saturated rings. The van der Waals surface area contributed by atoms with Gasteiger partial charge in [-0.05, 0) is 31.0 Å². The van der Waals surface area contributed by atoms with Crippen molar-refractivity contribution in [2.75, 3.05) is 5.32 Å². The third-order valence-corrected chi connectivity index (χ3v) is 2.26. The Morgan fingerprint density at radius 2 is 1.88 bits per heavy atom. The number of nitrogens with one attached hydrogen (secondary N) is 1. The van der Waals surface area contributed by atoms with Gasteiger partial charge in [-0.25, -0.2) is 0 Å². The number of anilines is 1. The largest absolute Gasteiger partial charge is 0.315 e. The van der Waals surface area contributed by atoms with Gasteiger partial charge < -0.3 is 5.32 Å². The van der Waals surface area contributed by atoms with Gasteiger partial charge in [-0.1, -0.05) is 0 Å². The molecule has 0 bridgehead atoms. The molecule has 0 aliphatic rings. The second-order valence-corrected chi connectivity index (χ2v) is 3.50. The van der Waals surface area contributed by atoms with E-state index < -0.39 is 22.9 Å². The minimum absolute atomic E-state index is 0.219. The maximum Gasteiger partial charge on any atom is 0.315 e. The molecule has 92 valence electrons. The van der Waals surface area contributed by atoms with Crippen molar-refractivity contribution in [2.24, 2.45) is 0 Å². The summed E-state index contributed by atoms with van der Waals surface area (Å²) in [6.07, 6.45) is -3.21. The highest BCUT2D eigenvalue weighted by molar-refractivity contribution is 5.95. The van der Waals surface area contributed by atoms with E-state index >= 15 is 0 Å². The standard InChI is InChI=1S/C10H10F2N2O3/c1-5-3-7(13-10(15)9(11)12)8(14(16)17)4-6(5)2/h3-4,9H,1-2H3,(H,13,15). The first kappa shape index (κ1) is 13.0. The summed E-state index contributed by atoms with van der Waals surface area (Å²) in [5.41, 5.74) is 0.692. The Labute approximate surface area is 95.6 Å². The number of hydrogen-bond acceptors (Lipinski definition) is 3. The van der Waals surface area contributed by atoms with Gasteiger partial charge >= 0.3 is 6.43 Å². The fourth-order valence-electron chi connectivity index (χ4n) is 1.24. The van der Waals surface area contributed by atoms with Crippen LogP contribution < -0.4 is 5.32 Å². The highest BCUT2D eigenvalue weighted by atomic mass is 19.3. The SMILES string of the molecule is Cc1cc(NC(=O)C(F)F)c([N+](=O)[O-])cc1C. The third kappa shape index (κ3) is 2.96. The quantitative estimate of drug-likeness (QED) is 0.655. The molecule has 17 heavy (non-hydrogen) atoms. The summed E-state index contributed by atoms with van der Waals surface area (Å²) in [5.74, 6) is -1.56. The monoisotopic (exact) mass is 244 g/mol. The number of nitro groups is 1. The number of nitro benzene ring substituents is 1. The smallest absolute Gasteiger partial charge is 0.315 e. The number of carbonyl (C=O) groups is 1. The molecule has 1 aromatic rings. The maximum atomic E-state index is 12.0. The average molecular weight is 244 g/mol. The Kier molecular flexibility index (Phi) is 3.72. The normalized spacial score (nSPS) is 10.4. The van der Waals surface area contributed by atoms with Crippen LogP contribution in [0.3, 0.4) is 0 Å². The topological polar surface area (TPSA) is 72.2 Å². The van der Waals surface area contributed by atoms with Crippen LogP contribution in [-0.4, -0.2) is 17.3 Å². The third-order valence-electron chi connectivity index (χ3n) is 2.26. The van der Waals surface area contributed by atoms with Crippen LogP contribution in [-0.2, 0) is 4.79 Å². The van der Waals surface area contributed by atoms with Crippen LogP contribution in [0.15, 0.2) is 12.1 Å². The van der Waals surface area contributed by atoms with Crippen molar-refractivity contribution in [2.45, 2.75) is 20.3 Å². The van der Waals surface area contributed by atoms with Crippen molar-refractivity contribution < 1.29 is 18.5 Å². The fourth-order valence-corrected chi connectivity index (χ4v) is 1.24. The van der Waals surface area contributed by atoms with Crippen LogP contribution in [0.1, 0.15) is 11.1 Å². The minimum Gasteiger partial charge on any atom is -0.315 e. The van der Waals surface area contributed by atoms with E-state index in [1.165, 1.54) is 12.1 Å². The van der Waals surface area contributed by atoms with E-state index in [2.05, 4.69) is 0 Å². The minimum atomic E-state index is -3.21. The Bertz CT molecular complexity index is 475. The highest BCUT2D eigenvalue weighted by Gasteiger charge is 2.21. The van der Waals surface area contributed by atoms with E-state index in [9.17, 15) is 23.7 Å². The molecule has 1 aromatic carbocycles. The summed E-state index contributed by atoms with van der Waals surface area (Å²) in [6, 6.07) is 2.53. The van der Waals surface area contributed by atoms with Gasteiger partial charge in [0.1, 0.15) is 5.69 Å². The molecule has 0 aliphatic heterocycles. The zero-order valence-electron chi connectivity index (χ0n) is 9.16. The summed E-state index contributed by atoms with van der Waals surface area (Å²) in [5, 5.41) is 12.5. The van der Waals surface area contributed by atoms with Gasteiger partial charge in [0.2, 0.25) is 0 Å². The van der Waals surface area contributed by atoms with Crippen LogP contribution in [0.2, 0.25) is 0 Å². The number of alkyl halides is 2. The van der Waals surface area contributed by atoms with Gasteiger partial charge in [-0.3, -0.25) is 14.9 Å². The Morgan fingerprint density at radius 3 is 2.35 bits per heavy atom. The molecule has 0 spiro atoms. The lowest BCUT2D eigenvalue weighted by Gasteiger charge is -2.08. The van der Waals surface area contributed by atoms with Gasteiger partial charge in [0.25, 0.3) is 11.6 Å². The van der Waals surface area contributed by atoms with E-state index in [-0.39, 0.29) is 5.69 Å². The van der Waals surface area contributed by atoms with Gasteiger partial charge in [0, 0.05) is 6.07 Å². The molecular formula is C10H10F2N2O3. The molecule has 0 aromatic heterocycles. The first-order chi connectivity index (χ1) is 7.82. The van der Waals surface area contributed by atoms with E-state index in [1.54, 1.807) is 13.8 Å². The number of amides is 1. The van der Waals surface area contributed by atoms with Crippen molar-refractivity contribution in [3.05, 3.63) is 33.4 Å². The van der Waals surface area contributed by atoms with E-state index in [4.69, 9.17) is 0 Å². The molecule has 0 radical (unpaired) electrons. The summed E-state index contributed by atoms with van der Waals surface area (Å²) >= 11 is 0. The van der Waals surface area contributed by atoms with Crippen LogP contribution in [0.5, 0.6) is 0 Å². The lowest BCUT2D eigenvalue weighted by atomic mass is 10.1. The molecule has 0 heterocycles. The average Bonchev–Trinajstić information content (AvgIpc) is 2.22. The molecular weight excluding hydrogens is 234 g/mol. The van der Waals surface area contributed by atoms with Crippen molar-refractivity contribution >= 4 is 17.3 Å². The molecule has 1 N–H and O–H groups in total.